The lowest BCUT2D eigenvalue weighted by Crippen LogP contribution is -2.39. The number of amides is 1. The minimum Gasteiger partial charge on any atom is -0.493 e. The molecule has 1 aromatic heterocycles. The molecule has 7 nitrogen and oxygen atoms in total. The molecule has 2 heterocycles. The van der Waals surface area contributed by atoms with Crippen molar-refractivity contribution in [2.24, 2.45) is 0 Å². The number of H-pyrrole nitrogens is 1. The minimum atomic E-state index is -0.156. The third-order valence-corrected chi connectivity index (χ3v) is 5.28. The van der Waals surface area contributed by atoms with Crippen LogP contribution in [0.5, 0.6) is 11.5 Å². The maximum absolute atomic E-state index is 12.6. The standard InChI is InChI=1S/C22H29N3O4/c1-4-5-6-7-21(26)25-11-10-17-16(14-25)22(27)24-20(23-17)13-15-8-9-18(28-2)19(12-15)29-3/h8-9,12H,4-7,10-11,13-14H2,1-3H3,(H,23,24,27). The van der Waals surface area contributed by atoms with Gasteiger partial charge in [-0.05, 0) is 24.1 Å². The molecule has 0 radical (unpaired) electrons. The Balaban J connectivity index is 1.74. The topological polar surface area (TPSA) is 84.5 Å². The number of nitrogens with one attached hydrogen (secondary N) is 1. The Kier molecular flexibility index (Phi) is 6.90. The van der Waals surface area contributed by atoms with Gasteiger partial charge in [-0.25, -0.2) is 4.98 Å². The van der Waals surface area contributed by atoms with Crippen molar-refractivity contribution in [3.05, 3.63) is 51.2 Å². The summed E-state index contributed by atoms with van der Waals surface area (Å²) in [5, 5.41) is 0. The number of hydrogen-bond donors (Lipinski definition) is 1. The number of fused-ring (bicyclic) bond motifs is 1. The quantitative estimate of drug-likeness (QED) is 0.690. The van der Waals surface area contributed by atoms with E-state index in [4.69, 9.17) is 9.47 Å². The number of hydrogen-bond acceptors (Lipinski definition) is 5. The predicted molar refractivity (Wildman–Crippen MR) is 110 cm³/mol. The van der Waals surface area contributed by atoms with Crippen LogP contribution < -0.4 is 15.0 Å². The molecule has 0 saturated carbocycles. The zero-order chi connectivity index (χ0) is 20.8. The smallest absolute Gasteiger partial charge is 0.256 e. The van der Waals surface area contributed by atoms with Gasteiger partial charge in [0.05, 0.1) is 32.0 Å². The van der Waals surface area contributed by atoms with E-state index in [-0.39, 0.29) is 11.5 Å². The van der Waals surface area contributed by atoms with Crippen molar-refractivity contribution >= 4 is 5.91 Å². The highest BCUT2D eigenvalue weighted by molar-refractivity contribution is 5.76. The van der Waals surface area contributed by atoms with Crippen molar-refractivity contribution in [3.63, 3.8) is 0 Å². The Morgan fingerprint density at radius 2 is 2.00 bits per heavy atom. The van der Waals surface area contributed by atoms with Gasteiger partial charge < -0.3 is 19.4 Å². The van der Waals surface area contributed by atoms with Gasteiger partial charge in [-0.2, -0.15) is 0 Å². The molecule has 2 aromatic rings. The van der Waals surface area contributed by atoms with Crippen LogP contribution in [-0.4, -0.2) is 41.5 Å². The zero-order valence-corrected chi connectivity index (χ0v) is 17.4. The Bertz CT molecular complexity index is 923. The molecule has 1 amide bonds. The fourth-order valence-electron chi connectivity index (χ4n) is 3.64. The number of carbonyl (C=O) groups is 1. The summed E-state index contributed by atoms with van der Waals surface area (Å²) in [4.78, 5) is 34.4. The molecule has 1 aromatic carbocycles. The van der Waals surface area contributed by atoms with Gasteiger partial charge in [0.15, 0.2) is 11.5 Å². The van der Waals surface area contributed by atoms with Gasteiger partial charge in [0.25, 0.3) is 5.56 Å². The van der Waals surface area contributed by atoms with E-state index < -0.39 is 0 Å². The second-order valence-electron chi connectivity index (χ2n) is 7.33. The van der Waals surface area contributed by atoms with Crippen LogP contribution in [0, 0.1) is 0 Å². The Hall–Kier alpha value is -2.83. The minimum absolute atomic E-state index is 0.123. The van der Waals surface area contributed by atoms with Crippen LogP contribution in [-0.2, 0) is 24.2 Å². The van der Waals surface area contributed by atoms with Crippen LogP contribution >= 0.6 is 0 Å². The molecule has 0 spiro atoms. The molecule has 1 N–H and O–H groups in total. The monoisotopic (exact) mass is 399 g/mol. The number of carbonyl (C=O) groups excluding carboxylic acids is 1. The third kappa shape index (κ3) is 4.96. The summed E-state index contributed by atoms with van der Waals surface area (Å²) in [6, 6.07) is 5.65. The van der Waals surface area contributed by atoms with Crippen molar-refractivity contribution in [3.8, 4) is 11.5 Å². The van der Waals surface area contributed by atoms with Crippen molar-refractivity contribution in [2.75, 3.05) is 20.8 Å². The fourth-order valence-corrected chi connectivity index (χ4v) is 3.64. The molecular formula is C22H29N3O4. The molecule has 3 rings (SSSR count). The lowest BCUT2D eigenvalue weighted by molar-refractivity contribution is -0.132. The van der Waals surface area contributed by atoms with Crippen molar-refractivity contribution in [1.82, 2.24) is 14.9 Å². The molecule has 156 valence electrons. The summed E-state index contributed by atoms with van der Waals surface area (Å²) in [7, 11) is 3.19. The van der Waals surface area contributed by atoms with Crippen LogP contribution in [0.15, 0.2) is 23.0 Å². The van der Waals surface area contributed by atoms with E-state index in [1.807, 2.05) is 18.2 Å². The van der Waals surface area contributed by atoms with Gasteiger partial charge in [-0.15, -0.1) is 0 Å². The zero-order valence-electron chi connectivity index (χ0n) is 17.4. The lowest BCUT2D eigenvalue weighted by Gasteiger charge is -2.28. The molecule has 0 atom stereocenters. The largest absolute Gasteiger partial charge is 0.493 e. The number of nitrogens with zero attached hydrogens (tertiary/aromatic N) is 2. The van der Waals surface area contributed by atoms with Gasteiger partial charge in [0, 0.05) is 25.8 Å². The highest BCUT2D eigenvalue weighted by atomic mass is 16.5. The summed E-state index contributed by atoms with van der Waals surface area (Å²) in [6.07, 6.45) is 4.68. The van der Waals surface area contributed by atoms with E-state index in [0.29, 0.717) is 55.2 Å². The third-order valence-electron chi connectivity index (χ3n) is 5.28. The summed E-state index contributed by atoms with van der Waals surface area (Å²) in [5.41, 5.74) is 2.21. The van der Waals surface area contributed by atoms with Crippen molar-refractivity contribution in [2.45, 2.75) is 52.0 Å². The van der Waals surface area contributed by atoms with Crippen LogP contribution in [0.3, 0.4) is 0 Å². The molecule has 0 bridgehead atoms. The van der Waals surface area contributed by atoms with E-state index in [2.05, 4.69) is 16.9 Å². The fraction of sp³-hybridized carbons (Fsp3) is 0.500. The second-order valence-corrected chi connectivity index (χ2v) is 7.33. The summed E-state index contributed by atoms with van der Waals surface area (Å²) in [5.74, 6) is 2.04. The number of unbranched alkanes of at least 4 members (excludes halogenated alkanes) is 2. The van der Waals surface area contributed by atoms with Crippen molar-refractivity contribution in [1.29, 1.82) is 0 Å². The average molecular weight is 399 g/mol. The van der Waals surface area contributed by atoms with E-state index in [9.17, 15) is 9.59 Å². The molecule has 0 fully saturated rings. The normalized spacial score (nSPS) is 13.1. The van der Waals surface area contributed by atoms with Gasteiger partial charge in [-0.1, -0.05) is 25.8 Å². The van der Waals surface area contributed by atoms with Crippen LogP contribution in [0.2, 0.25) is 0 Å². The van der Waals surface area contributed by atoms with Crippen LogP contribution in [0.4, 0.5) is 0 Å². The Morgan fingerprint density at radius 3 is 2.72 bits per heavy atom. The maximum Gasteiger partial charge on any atom is 0.256 e. The first-order valence-corrected chi connectivity index (χ1v) is 10.1. The number of ether oxygens (including phenoxy) is 2. The first kappa shape index (κ1) is 20.9. The molecule has 0 saturated heterocycles. The SMILES string of the molecule is CCCCCC(=O)N1CCc2nc(Cc3ccc(OC)c(OC)c3)[nH]c(=O)c2C1. The molecule has 1 aliphatic rings. The average Bonchev–Trinajstić information content (AvgIpc) is 2.73. The number of benzene rings is 1. The van der Waals surface area contributed by atoms with Gasteiger partial charge in [-0.3, -0.25) is 9.59 Å². The van der Waals surface area contributed by atoms with Crippen molar-refractivity contribution < 1.29 is 14.3 Å². The highest BCUT2D eigenvalue weighted by Crippen LogP contribution is 2.28. The van der Waals surface area contributed by atoms with Crippen LogP contribution in [0.1, 0.15) is 55.3 Å². The Morgan fingerprint density at radius 1 is 1.21 bits per heavy atom. The van der Waals surface area contributed by atoms with Gasteiger partial charge >= 0.3 is 0 Å². The summed E-state index contributed by atoms with van der Waals surface area (Å²) in [6.45, 7) is 3.08. The summed E-state index contributed by atoms with van der Waals surface area (Å²) < 4.78 is 10.6. The van der Waals surface area contributed by atoms with E-state index in [1.54, 1.807) is 19.1 Å². The first-order chi connectivity index (χ1) is 14.0. The first-order valence-electron chi connectivity index (χ1n) is 10.1. The van der Waals surface area contributed by atoms with E-state index in [0.717, 1.165) is 30.5 Å². The number of aromatic amines is 1. The molecule has 0 unspecified atom stereocenters. The number of aromatic nitrogens is 2. The van der Waals surface area contributed by atoms with Crippen LogP contribution in [0.25, 0.3) is 0 Å². The molecule has 0 aliphatic carbocycles. The van der Waals surface area contributed by atoms with E-state index >= 15 is 0 Å². The molecular weight excluding hydrogens is 370 g/mol. The highest BCUT2D eigenvalue weighted by Gasteiger charge is 2.24. The second kappa shape index (κ2) is 9.58. The number of methoxy groups -OCH3 is 2. The number of rotatable bonds is 8. The van der Waals surface area contributed by atoms with E-state index in [1.165, 1.54) is 0 Å². The summed E-state index contributed by atoms with van der Waals surface area (Å²) >= 11 is 0. The molecule has 7 heteroatoms. The molecule has 29 heavy (non-hydrogen) atoms. The maximum atomic E-state index is 12.6. The van der Waals surface area contributed by atoms with Gasteiger partial charge in [0.2, 0.25) is 5.91 Å². The Labute approximate surface area is 171 Å². The predicted octanol–water partition coefficient (Wildman–Crippen LogP) is 2.84. The lowest BCUT2D eigenvalue weighted by atomic mass is 10.0. The molecule has 1 aliphatic heterocycles. The van der Waals surface area contributed by atoms with Gasteiger partial charge in [0.1, 0.15) is 5.82 Å².